The molecule has 3 heterocycles. The van der Waals surface area contributed by atoms with E-state index in [1.165, 1.54) is 0 Å². The first-order valence-electron chi connectivity index (χ1n) is 9.60. The van der Waals surface area contributed by atoms with E-state index in [0.717, 1.165) is 11.3 Å². The van der Waals surface area contributed by atoms with Crippen LogP contribution in [0.25, 0.3) is 11.4 Å². The number of fused-ring (bicyclic) bond motifs is 1. The van der Waals surface area contributed by atoms with Gasteiger partial charge in [-0.15, -0.1) is 5.10 Å². The van der Waals surface area contributed by atoms with Crippen LogP contribution in [0.2, 0.25) is 0 Å². The number of carbonyl (C=O) groups is 1. The second-order valence-corrected chi connectivity index (χ2v) is 6.97. The van der Waals surface area contributed by atoms with Crippen LogP contribution in [-0.2, 0) is 4.79 Å². The minimum absolute atomic E-state index is 0.227. The van der Waals surface area contributed by atoms with Gasteiger partial charge in [-0.3, -0.25) is 4.79 Å². The molecule has 2 N–H and O–H groups in total. The Morgan fingerprint density at radius 3 is 2.47 bits per heavy atom. The van der Waals surface area contributed by atoms with E-state index < -0.39 is 6.04 Å². The summed E-state index contributed by atoms with van der Waals surface area (Å²) in [5.74, 6) is 1.52. The molecule has 0 spiro atoms. The lowest BCUT2D eigenvalue weighted by molar-refractivity contribution is -0.113. The summed E-state index contributed by atoms with van der Waals surface area (Å²) in [6.07, 6.45) is 1.59. The number of para-hydroxylation sites is 1. The van der Waals surface area contributed by atoms with Crippen LogP contribution in [0.15, 0.2) is 94.7 Å². The zero-order valence-corrected chi connectivity index (χ0v) is 16.2. The fraction of sp³-hybridized carbons (Fsp3) is 0.0870. The Balaban J connectivity index is 1.58. The van der Waals surface area contributed by atoms with Gasteiger partial charge < -0.3 is 15.1 Å². The third kappa shape index (κ3) is 3.16. The van der Waals surface area contributed by atoms with Crippen LogP contribution < -0.4 is 10.6 Å². The average molecular weight is 397 g/mol. The van der Waals surface area contributed by atoms with Gasteiger partial charge in [0.15, 0.2) is 5.82 Å². The van der Waals surface area contributed by atoms with E-state index >= 15 is 0 Å². The molecule has 0 aliphatic carbocycles. The first kappa shape index (κ1) is 17.9. The zero-order valence-electron chi connectivity index (χ0n) is 16.2. The minimum atomic E-state index is -0.537. The molecule has 1 aliphatic rings. The normalized spacial score (nSPS) is 15.4. The number of hydrogen-bond acceptors (Lipinski definition) is 5. The summed E-state index contributed by atoms with van der Waals surface area (Å²) in [5.41, 5.74) is 2.83. The summed E-state index contributed by atoms with van der Waals surface area (Å²) in [4.78, 5) is 17.9. The van der Waals surface area contributed by atoms with Gasteiger partial charge in [-0.25, -0.2) is 4.68 Å². The number of nitrogens with one attached hydrogen (secondary N) is 2. The van der Waals surface area contributed by atoms with Crippen molar-refractivity contribution in [3.8, 4) is 11.4 Å². The molecule has 0 saturated heterocycles. The van der Waals surface area contributed by atoms with E-state index in [1.54, 1.807) is 17.0 Å². The predicted octanol–water partition coefficient (Wildman–Crippen LogP) is 4.47. The number of rotatable bonds is 4. The predicted molar refractivity (Wildman–Crippen MR) is 114 cm³/mol. The van der Waals surface area contributed by atoms with Crippen molar-refractivity contribution < 1.29 is 9.21 Å². The highest BCUT2D eigenvalue weighted by Crippen LogP contribution is 2.36. The van der Waals surface area contributed by atoms with Crippen molar-refractivity contribution in [2.75, 3.05) is 10.6 Å². The number of anilines is 2. The molecule has 30 heavy (non-hydrogen) atoms. The van der Waals surface area contributed by atoms with Crippen molar-refractivity contribution in [2.45, 2.75) is 13.0 Å². The zero-order chi connectivity index (χ0) is 20.5. The Morgan fingerprint density at radius 1 is 1.03 bits per heavy atom. The van der Waals surface area contributed by atoms with Gasteiger partial charge in [0.25, 0.3) is 5.91 Å². The molecule has 5 rings (SSSR count). The molecule has 4 aromatic rings. The maximum Gasteiger partial charge on any atom is 0.256 e. The van der Waals surface area contributed by atoms with Gasteiger partial charge in [-0.05, 0) is 31.2 Å². The first-order valence-corrected chi connectivity index (χ1v) is 9.60. The van der Waals surface area contributed by atoms with Gasteiger partial charge >= 0.3 is 0 Å². The molecule has 7 nitrogen and oxygen atoms in total. The Bertz CT molecular complexity index is 1210. The minimum Gasteiger partial charge on any atom is -0.467 e. The fourth-order valence-corrected chi connectivity index (χ4v) is 3.58. The molecule has 0 fully saturated rings. The molecule has 1 unspecified atom stereocenters. The molecule has 0 bridgehead atoms. The quantitative estimate of drug-likeness (QED) is 0.531. The summed E-state index contributed by atoms with van der Waals surface area (Å²) in [5, 5.41) is 10.9. The summed E-state index contributed by atoms with van der Waals surface area (Å²) in [6.45, 7) is 1.86. The molecule has 1 atom stereocenters. The summed E-state index contributed by atoms with van der Waals surface area (Å²) < 4.78 is 7.40. The van der Waals surface area contributed by atoms with Gasteiger partial charge in [-0.1, -0.05) is 48.5 Å². The van der Waals surface area contributed by atoms with Crippen LogP contribution in [-0.4, -0.2) is 20.7 Å². The Hall–Kier alpha value is -4.13. The van der Waals surface area contributed by atoms with E-state index in [2.05, 4.69) is 15.6 Å². The van der Waals surface area contributed by atoms with Crippen molar-refractivity contribution in [1.82, 2.24) is 14.8 Å². The summed E-state index contributed by atoms with van der Waals surface area (Å²) >= 11 is 0. The van der Waals surface area contributed by atoms with Crippen molar-refractivity contribution >= 4 is 17.5 Å². The fourth-order valence-electron chi connectivity index (χ4n) is 3.58. The molecular formula is C23H19N5O2. The molecule has 7 heteroatoms. The maximum atomic E-state index is 13.3. The largest absolute Gasteiger partial charge is 0.467 e. The highest BCUT2D eigenvalue weighted by Gasteiger charge is 2.36. The maximum absolute atomic E-state index is 13.3. The molecule has 1 aliphatic heterocycles. The monoisotopic (exact) mass is 397 g/mol. The Morgan fingerprint density at radius 2 is 1.77 bits per heavy atom. The van der Waals surface area contributed by atoms with Gasteiger partial charge in [0.2, 0.25) is 5.95 Å². The number of benzene rings is 2. The van der Waals surface area contributed by atoms with E-state index in [1.807, 2.05) is 73.7 Å². The molecule has 1 amide bonds. The van der Waals surface area contributed by atoms with Crippen molar-refractivity contribution in [3.05, 3.63) is 96.1 Å². The number of allylic oxidation sites excluding steroid dienone is 1. The highest BCUT2D eigenvalue weighted by atomic mass is 16.3. The summed E-state index contributed by atoms with van der Waals surface area (Å²) in [7, 11) is 0. The van der Waals surface area contributed by atoms with E-state index in [-0.39, 0.29) is 5.91 Å². The second kappa shape index (κ2) is 7.36. The number of hydrogen-bond donors (Lipinski definition) is 2. The van der Waals surface area contributed by atoms with Crippen LogP contribution in [0.3, 0.4) is 0 Å². The van der Waals surface area contributed by atoms with Gasteiger partial charge in [0, 0.05) is 16.9 Å². The van der Waals surface area contributed by atoms with Gasteiger partial charge in [0.1, 0.15) is 11.8 Å². The number of furan rings is 1. The van der Waals surface area contributed by atoms with E-state index in [9.17, 15) is 4.79 Å². The third-order valence-corrected chi connectivity index (χ3v) is 4.97. The van der Waals surface area contributed by atoms with Gasteiger partial charge in [-0.2, -0.15) is 4.98 Å². The second-order valence-electron chi connectivity index (χ2n) is 6.97. The first-order chi connectivity index (χ1) is 14.7. The lowest BCUT2D eigenvalue weighted by atomic mass is 10.00. The Labute approximate surface area is 173 Å². The van der Waals surface area contributed by atoms with Crippen LogP contribution in [0.5, 0.6) is 0 Å². The molecular weight excluding hydrogens is 378 g/mol. The number of aromatic nitrogens is 3. The van der Waals surface area contributed by atoms with Crippen LogP contribution >= 0.6 is 0 Å². The summed E-state index contributed by atoms with van der Waals surface area (Å²) in [6, 6.07) is 22.2. The van der Waals surface area contributed by atoms with Crippen molar-refractivity contribution in [3.63, 3.8) is 0 Å². The van der Waals surface area contributed by atoms with E-state index in [0.29, 0.717) is 28.8 Å². The van der Waals surface area contributed by atoms with Crippen LogP contribution in [0, 0.1) is 0 Å². The van der Waals surface area contributed by atoms with Crippen LogP contribution in [0.4, 0.5) is 11.6 Å². The lowest BCUT2D eigenvalue weighted by Gasteiger charge is -2.27. The molecule has 2 aromatic carbocycles. The number of amides is 1. The average Bonchev–Trinajstić information content (AvgIpc) is 3.44. The number of nitrogens with zero attached hydrogens (tertiary/aromatic N) is 3. The molecule has 0 saturated carbocycles. The SMILES string of the molecule is CC1=C(C(=O)Nc2ccccc2)C(c2ccco2)n2nc(-c3ccccc3)nc2N1. The molecule has 148 valence electrons. The lowest BCUT2D eigenvalue weighted by Crippen LogP contribution is -2.31. The van der Waals surface area contributed by atoms with Crippen molar-refractivity contribution in [2.24, 2.45) is 0 Å². The number of carbonyl (C=O) groups excluding carboxylic acids is 1. The molecule has 2 aromatic heterocycles. The standard InChI is InChI=1S/C23H19N5O2/c1-15-19(22(29)25-17-11-6-3-7-12-17)20(18-13-8-14-30-18)28-23(24-15)26-21(27-28)16-9-4-2-5-10-16/h2-14,20H,1H3,(H,25,29)(H,24,26,27). The van der Waals surface area contributed by atoms with Crippen molar-refractivity contribution in [1.29, 1.82) is 0 Å². The molecule has 0 radical (unpaired) electrons. The topological polar surface area (TPSA) is 85.0 Å². The Kier molecular flexibility index (Phi) is 4.40. The van der Waals surface area contributed by atoms with Crippen LogP contribution in [0.1, 0.15) is 18.7 Å². The smallest absolute Gasteiger partial charge is 0.256 e. The van der Waals surface area contributed by atoms with E-state index in [4.69, 9.17) is 9.52 Å². The highest BCUT2D eigenvalue weighted by molar-refractivity contribution is 6.05. The van der Waals surface area contributed by atoms with Gasteiger partial charge in [0.05, 0.1) is 11.8 Å². The third-order valence-electron chi connectivity index (χ3n) is 4.97.